The van der Waals surface area contributed by atoms with E-state index in [9.17, 15) is 9.90 Å². The summed E-state index contributed by atoms with van der Waals surface area (Å²) in [6.07, 6.45) is 0.340. The monoisotopic (exact) mass is 328 g/mol. The number of likely N-dealkylation sites (tertiary alicyclic amines) is 1. The van der Waals surface area contributed by atoms with Crippen LogP contribution < -0.4 is 5.32 Å². The zero-order valence-electron chi connectivity index (χ0n) is 14.1. The Morgan fingerprint density at radius 1 is 1.38 bits per heavy atom. The third-order valence-corrected chi connectivity index (χ3v) is 4.47. The maximum absolute atomic E-state index is 12.3. The molecule has 1 aromatic heterocycles. The molecule has 128 valence electrons. The first kappa shape index (κ1) is 16.7. The summed E-state index contributed by atoms with van der Waals surface area (Å²) in [5.41, 5.74) is 2.59. The molecule has 2 unspecified atom stereocenters. The van der Waals surface area contributed by atoms with Crippen LogP contribution in [0.15, 0.2) is 36.4 Å². The average Bonchev–Trinajstić information content (AvgIpc) is 3.07. The van der Waals surface area contributed by atoms with Crippen LogP contribution in [0, 0.1) is 6.92 Å². The van der Waals surface area contributed by atoms with Gasteiger partial charge in [0.1, 0.15) is 5.69 Å². The second-order valence-electron chi connectivity index (χ2n) is 6.46. The number of benzene rings is 1. The van der Waals surface area contributed by atoms with Gasteiger partial charge in [0.15, 0.2) is 0 Å². The number of carbonyl (C=O) groups excluding carboxylic acids is 1. The quantitative estimate of drug-likeness (QED) is 0.862. The second kappa shape index (κ2) is 7.15. The van der Waals surface area contributed by atoms with Crippen molar-refractivity contribution in [3.63, 3.8) is 0 Å². The largest absolute Gasteiger partial charge is 0.392 e. The number of aliphatic hydroxyl groups is 1. The Labute approximate surface area is 142 Å². The van der Waals surface area contributed by atoms with Gasteiger partial charge < -0.3 is 10.4 Å². The van der Waals surface area contributed by atoms with Crippen LogP contribution in [-0.2, 0) is 13.6 Å². The normalized spacial score (nSPS) is 21.1. The summed E-state index contributed by atoms with van der Waals surface area (Å²) < 4.78 is 1.59. The Morgan fingerprint density at radius 3 is 2.79 bits per heavy atom. The third kappa shape index (κ3) is 3.83. The molecule has 3 rings (SSSR count). The van der Waals surface area contributed by atoms with E-state index in [0.29, 0.717) is 25.2 Å². The number of aryl methyl sites for hydroxylation is 2. The van der Waals surface area contributed by atoms with Gasteiger partial charge in [0, 0.05) is 32.7 Å². The first-order valence-electron chi connectivity index (χ1n) is 8.28. The van der Waals surface area contributed by atoms with Gasteiger partial charge in [-0.25, -0.2) is 0 Å². The highest BCUT2D eigenvalue weighted by Crippen LogP contribution is 2.20. The molecule has 1 aliphatic rings. The minimum Gasteiger partial charge on any atom is -0.392 e. The average molecular weight is 328 g/mol. The van der Waals surface area contributed by atoms with Crippen molar-refractivity contribution in [3.05, 3.63) is 53.3 Å². The molecule has 1 fully saturated rings. The SMILES string of the molecule is Cc1cc(C(=O)NCC2CC(O)CN2Cc2ccccc2)n(C)n1. The van der Waals surface area contributed by atoms with Crippen LogP contribution in [0.2, 0.25) is 0 Å². The molecule has 24 heavy (non-hydrogen) atoms. The molecule has 1 amide bonds. The van der Waals surface area contributed by atoms with Crippen molar-refractivity contribution in [2.24, 2.45) is 7.05 Å². The molecular weight excluding hydrogens is 304 g/mol. The number of aromatic nitrogens is 2. The van der Waals surface area contributed by atoms with Gasteiger partial charge in [-0.3, -0.25) is 14.4 Å². The van der Waals surface area contributed by atoms with Crippen LogP contribution in [-0.4, -0.2) is 50.9 Å². The highest BCUT2D eigenvalue weighted by Gasteiger charge is 2.31. The topological polar surface area (TPSA) is 70.4 Å². The van der Waals surface area contributed by atoms with Gasteiger partial charge in [0.05, 0.1) is 11.8 Å². The first-order valence-corrected chi connectivity index (χ1v) is 8.28. The predicted octanol–water partition coefficient (Wildman–Crippen LogP) is 1.09. The second-order valence-corrected chi connectivity index (χ2v) is 6.46. The van der Waals surface area contributed by atoms with Crippen LogP contribution in [0.4, 0.5) is 0 Å². The van der Waals surface area contributed by atoms with E-state index in [4.69, 9.17) is 0 Å². The summed E-state index contributed by atoms with van der Waals surface area (Å²) in [5, 5.41) is 17.2. The molecule has 2 heterocycles. The van der Waals surface area contributed by atoms with E-state index < -0.39 is 0 Å². The number of rotatable bonds is 5. The molecule has 0 bridgehead atoms. The van der Waals surface area contributed by atoms with E-state index in [-0.39, 0.29) is 18.1 Å². The molecule has 2 N–H and O–H groups in total. The van der Waals surface area contributed by atoms with Gasteiger partial charge >= 0.3 is 0 Å². The van der Waals surface area contributed by atoms with Gasteiger partial charge in [0.2, 0.25) is 0 Å². The molecule has 0 spiro atoms. The Kier molecular flexibility index (Phi) is 4.97. The van der Waals surface area contributed by atoms with Gasteiger partial charge in [0.25, 0.3) is 5.91 Å². The van der Waals surface area contributed by atoms with Crippen LogP contribution in [0.5, 0.6) is 0 Å². The van der Waals surface area contributed by atoms with Crippen molar-refractivity contribution in [2.45, 2.75) is 32.0 Å². The number of nitrogens with one attached hydrogen (secondary N) is 1. The maximum atomic E-state index is 12.3. The van der Waals surface area contributed by atoms with Crippen molar-refractivity contribution in [1.82, 2.24) is 20.0 Å². The Bertz CT molecular complexity index is 698. The molecule has 2 atom stereocenters. The number of hydrogen-bond acceptors (Lipinski definition) is 4. The van der Waals surface area contributed by atoms with E-state index in [1.165, 1.54) is 5.56 Å². The lowest BCUT2D eigenvalue weighted by Crippen LogP contribution is -2.40. The fourth-order valence-electron chi connectivity index (χ4n) is 3.31. The summed E-state index contributed by atoms with van der Waals surface area (Å²) >= 11 is 0. The molecule has 0 radical (unpaired) electrons. The minimum atomic E-state index is -0.338. The summed E-state index contributed by atoms with van der Waals surface area (Å²) in [7, 11) is 1.77. The highest BCUT2D eigenvalue weighted by molar-refractivity contribution is 5.92. The smallest absolute Gasteiger partial charge is 0.269 e. The fraction of sp³-hybridized carbons (Fsp3) is 0.444. The molecule has 1 aromatic carbocycles. The van der Waals surface area contributed by atoms with Crippen molar-refractivity contribution >= 4 is 5.91 Å². The first-order chi connectivity index (χ1) is 11.5. The zero-order chi connectivity index (χ0) is 17.1. The van der Waals surface area contributed by atoms with Crippen molar-refractivity contribution < 1.29 is 9.90 Å². The number of nitrogens with zero attached hydrogens (tertiary/aromatic N) is 3. The molecular formula is C18H24N4O2. The van der Waals surface area contributed by atoms with Crippen LogP contribution in [0.25, 0.3) is 0 Å². The number of hydrogen-bond donors (Lipinski definition) is 2. The highest BCUT2D eigenvalue weighted by atomic mass is 16.3. The number of aliphatic hydroxyl groups excluding tert-OH is 1. The molecule has 6 nitrogen and oxygen atoms in total. The number of β-amino-alcohol motifs (C(OH)–C–C–N with tert-alkyl or cyclic N) is 1. The van der Waals surface area contributed by atoms with Crippen molar-refractivity contribution in [1.29, 1.82) is 0 Å². The van der Waals surface area contributed by atoms with Gasteiger partial charge in [-0.2, -0.15) is 5.10 Å². The molecule has 6 heteroatoms. The minimum absolute atomic E-state index is 0.126. The molecule has 0 saturated carbocycles. The van der Waals surface area contributed by atoms with Crippen molar-refractivity contribution in [3.8, 4) is 0 Å². The Morgan fingerprint density at radius 2 is 2.12 bits per heavy atom. The third-order valence-electron chi connectivity index (χ3n) is 4.47. The molecule has 1 aliphatic heterocycles. The molecule has 2 aromatic rings. The Balaban J connectivity index is 1.60. The van der Waals surface area contributed by atoms with Crippen LogP contribution in [0.3, 0.4) is 0 Å². The van der Waals surface area contributed by atoms with Crippen molar-refractivity contribution in [2.75, 3.05) is 13.1 Å². The van der Waals surface area contributed by atoms with E-state index in [1.54, 1.807) is 17.8 Å². The lowest BCUT2D eigenvalue weighted by molar-refractivity contribution is 0.0930. The van der Waals surface area contributed by atoms with E-state index >= 15 is 0 Å². The van der Waals surface area contributed by atoms with Crippen LogP contribution in [0.1, 0.15) is 28.2 Å². The predicted molar refractivity (Wildman–Crippen MR) is 91.5 cm³/mol. The molecule has 0 aliphatic carbocycles. The van der Waals surface area contributed by atoms with Crippen LogP contribution >= 0.6 is 0 Å². The fourth-order valence-corrected chi connectivity index (χ4v) is 3.31. The van der Waals surface area contributed by atoms with E-state index in [0.717, 1.165) is 12.2 Å². The standard InChI is InChI=1S/C18H24N4O2/c1-13-8-17(21(2)20-13)18(24)19-10-15-9-16(23)12-22(15)11-14-6-4-3-5-7-14/h3-8,15-16,23H,9-12H2,1-2H3,(H,19,24). The number of carbonyl (C=O) groups is 1. The lowest BCUT2D eigenvalue weighted by Gasteiger charge is -2.24. The summed E-state index contributed by atoms with van der Waals surface area (Å²) in [6, 6.07) is 12.1. The van der Waals surface area contributed by atoms with E-state index in [1.807, 2.05) is 25.1 Å². The van der Waals surface area contributed by atoms with Gasteiger partial charge in [-0.15, -0.1) is 0 Å². The van der Waals surface area contributed by atoms with E-state index in [2.05, 4.69) is 27.4 Å². The summed E-state index contributed by atoms with van der Waals surface area (Å²) in [6.45, 7) is 3.81. The maximum Gasteiger partial charge on any atom is 0.269 e. The summed E-state index contributed by atoms with van der Waals surface area (Å²) in [4.78, 5) is 14.6. The molecule has 1 saturated heterocycles. The number of amides is 1. The lowest BCUT2D eigenvalue weighted by atomic mass is 10.1. The zero-order valence-corrected chi connectivity index (χ0v) is 14.1. The Hall–Kier alpha value is -2.18. The summed E-state index contributed by atoms with van der Waals surface area (Å²) in [5.74, 6) is -0.126. The van der Waals surface area contributed by atoms with Gasteiger partial charge in [-0.1, -0.05) is 30.3 Å². The van der Waals surface area contributed by atoms with Gasteiger partial charge in [-0.05, 0) is 25.0 Å².